The fourth-order valence-electron chi connectivity index (χ4n) is 4.74. The highest BCUT2D eigenvalue weighted by Crippen LogP contribution is 2.44. The van der Waals surface area contributed by atoms with Gasteiger partial charge in [-0.2, -0.15) is 0 Å². The van der Waals surface area contributed by atoms with Gasteiger partial charge in [-0.25, -0.2) is 13.2 Å². The maximum absolute atomic E-state index is 13.0. The molecule has 37 heavy (non-hydrogen) atoms. The second-order valence-corrected chi connectivity index (χ2v) is 12.0. The van der Waals surface area contributed by atoms with Gasteiger partial charge in [0.05, 0.1) is 18.0 Å². The van der Waals surface area contributed by atoms with E-state index in [-0.39, 0.29) is 40.3 Å². The lowest BCUT2D eigenvalue weighted by molar-refractivity contribution is -0.155. The molecule has 1 atom stereocenters. The third kappa shape index (κ3) is 5.16. The molecule has 0 bridgehead atoms. The summed E-state index contributed by atoms with van der Waals surface area (Å²) in [6.07, 6.45) is 3.32. The summed E-state index contributed by atoms with van der Waals surface area (Å²) < 4.78 is 29.7. The average Bonchev–Trinajstić information content (AvgIpc) is 3.08. The highest BCUT2D eigenvalue weighted by atomic mass is 35.5. The third-order valence-electron chi connectivity index (χ3n) is 6.70. The van der Waals surface area contributed by atoms with E-state index in [0.29, 0.717) is 47.2 Å². The number of sulfone groups is 1. The van der Waals surface area contributed by atoms with Gasteiger partial charge in [0.2, 0.25) is 5.91 Å². The largest absolute Gasteiger partial charge is 0.507 e. The Morgan fingerprint density at radius 2 is 1.97 bits per heavy atom. The number of amides is 1. The molecule has 1 saturated heterocycles. The third-order valence-corrected chi connectivity index (χ3v) is 8.13. The first-order chi connectivity index (χ1) is 17.4. The van der Waals surface area contributed by atoms with Crippen molar-refractivity contribution in [3.05, 3.63) is 70.0 Å². The number of nitrogens with zero attached hydrogens (tertiary/aromatic N) is 1. The van der Waals surface area contributed by atoms with Gasteiger partial charge in [0, 0.05) is 29.5 Å². The highest BCUT2D eigenvalue weighted by molar-refractivity contribution is 7.90. The number of hydrogen-bond acceptors (Lipinski definition) is 7. The lowest BCUT2D eigenvalue weighted by atomic mass is 9.87. The highest BCUT2D eigenvalue weighted by Gasteiger charge is 2.51. The molecular weight excluding hydrogens is 518 g/mol. The van der Waals surface area contributed by atoms with Crippen molar-refractivity contribution in [3.8, 4) is 11.1 Å². The zero-order chi connectivity index (χ0) is 27.1. The number of aliphatic hydroxyl groups excluding tert-OH is 2. The number of piperidine rings is 1. The van der Waals surface area contributed by atoms with Crippen molar-refractivity contribution in [2.24, 2.45) is 0 Å². The van der Waals surface area contributed by atoms with Crippen LogP contribution in [0, 0.1) is 6.92 Å². The van der Waals surface area contributed by atoms with Crippen molar-refractivity contribution in [2.45, 2.75) is 37.2 Å². The van der Waals surface area contributed by atoms with Gasteiger partial charge in [0.1, 0.15) is 5.57 Å². The monoisotopic (exact) mass is 545 g/mol. The number of hydrogen-bond donors (Lipinski definition) is 2. The molecule has 1 fully saturated rings. The van der Waals surface area contributed by atoms with Gasteiger partial charge in [-0.15, -0.1) is 0 Å². The van der Waals surface area contributed by atoms with Gasteiger partial charge >= 0.3 is 5.97 Å². The number of carbonyl (C=O) groups is 2. The number of ether oxygens (including phenoxy) is 1. The number of rotatable bonds is 5. The minimum atomic E-state index is -3.42. The van der Waals surface area contributed by atoms with E-state index in [4.69, 9.17) is 16.3 Å². The number of carbonyl (C=O) groups excluding carboxylic acids is 2. The first-order valence-corrected chi connectivity index (χ1v) is 14.0. The summed E-state index contributed by atoms with van der Waals surface area (Å²) in [5.41, 5.74) is 1.34. The maximum atomic E-state index is 13.0. The van der Waals surface area contributed by atoms with Crippen molar-refractivity contribution < 1.29 is 33.0 Å². The first-order valence-electron chi connectivity index (χ1n) is 11.7. The number of benzene rings is 2. The molecule has 196 valence electrons. The van der Waals surface area contributed by atoms with Gasteiger partial charge < -0.3 is 19.8 Å². The van der Waals surface area contributed by atoms with Crippen molar-refractivity contribution >= 4 is 38.9 Å². The van der Waals surface area contributed by atoms with E-state index in [0.717, 1.165) is 6.26 Å². The van der Waals surface area contributed by atoms with Crippen molar-refractivity contribution in [1.82, 2.24) is 4.90 Å². The van der Waals surface area contributed by atoms with Crippen LogP contribution in [0.25, 0.3) is 16.7 Å². The second-order valence-electron chi connectivity index (χ2n) is 9.57. The van der Waals surface area contributed by atoms with Gasteiger partial charge in [-0.05, 0) is 73.2 Å². The van der Waals surface area contributed by atoms with Gasteiger partial charge in [0.15, 0.2) is 21.2 Å². The molecule has 10 heteroatoms. The van der Waals surface area contributed by atoms with Gasteiger partial charge in [0.25, 0.3) is 0 Å². The summed E-state index contributed by atoms with van der Waals surface area (Å²) in [4.78, 5) is 27.3. The molecule has 4 rings (SSSR count). The molecule has 1 amide bonds. The summed E-state index contributed by atoms with van der Waals surface area (Å²) in [6.45, 7) is 3.57. The van der Waals surface area contributed by atoms with Crippen LogP contribution in [-0.4, -0.2) is 67.0 Å². The van der Waals surface area contributed by atoms with E-state index in [2.05, 4.69) is 0 Å². The number of aliphatic hydroxyl groups is 2. The van der Waals surface area contributed by atoms with Crippen LogP contribution >= 0.6 is 11.6 Å². The number of esters is 1. The van der Waals surface area contributed by atoms with Crippen LogP contribution in [0.3, 0.4) is 0 Å². The molecule has 2 N–H and O–H groups in total. The van der Waals surface area contributed by atoms with Gasteiger partial charge in [-0.3, -0.25) is 4.79 Å². The normalized spacial score (nSPS) is 20.5. The molecule has 0 aromatic heterocycles. The molecule has 0 saturated carbocycles. The Bertz CT molecular complexity index is 1460. The van der Waals surface area contributed by atoms with Crippen molar-refractivity contribution in [1.29, 1.82) is 0 Å². The average molecular weight is 546 g/mol. The lowest BCUT2D eigenvalue weighted by Gasteiger charge is -2.38. The molecular formula is C27H28ClNO7S. The Balaban J connectivity index is 1.72. The Labute approximate surface area is 220 Å². The summed E-state index contributed by atoms with van der Waals surface area (Å²) in [6, 6.07) is 9.70. The fraction of sp³-hybridized carbons (Fsp3) is 0.333. The first kappa shape index (κ1) is 26.9. The van der Waals surface area contributed by atoms with Gasteiger partial charge in [-0.1, -0.05) is 23.7 Å². The van der Waals surface area contributed by atoms with Crippen molar-refractivity contribution in [2.75, 3.05) is 26.0 Å². The van der Waals surface area contributed by atoms with E-state index in [9.17, 15) is 28.2 Å². The van der Waals surface area contributed by atoms with E-state index < -0.39 is 21.4 Å². The van der Waals surface area contributed by atoms with Crippen LogP contribution in [0.2, 0.25) is 5.02 Å². The number of aryl methyl sites for hydroxylation is 1. The van der Waals surface area contributed by atoms with Crippen LogP contribution in [0.15, 0.2) is 58.7 Å². The maximum Gasteiger partial charge on any atom is 0.343 e. The minimum Gasteiger partial charge on any atom is -0.507 e. The predicted molar refractivity (Wildman–Crippen MR) is 140 cm³/mol. The van der Waals surface area contributed by atoms with Crippen LogP contribution in [-0.2, 0) is 24.2 Å². The molecule has 0 radical (unpaired) electrons. The quantitative estimate of drug-likeness (QED) is 0.432. The van der Waals surface area contributed by atoms with Crippen molar-refractivity contribution in [3.63, 3.8) is 0 Å². The molecule has 2 heterocycles. The Morgan fingerprint density at radius 3 is 2.65 bits per heavy atom. The van der Waals surface area contributed by atoms with Crippen LogP contribution in [0.1, 0.15) is 30.9 Å². The second kappa shape index (κ2) is 9.96. The van der Waals surface area contributed by atoms with E-state index in [1.807, 2.05) is 0 Å². The summed E-state index contributed by atoms with van der Waals surface area (Å²) in [7, 11) is -3.42. The minimum absolute atomic E-state index is 0.00721. The fourth-order valence-corrected chi connectivity index (χ4v) is 5.68. The molecule has 8 nitrogen and oxygen atoms in total. The molecule has 2 aliphatic heterocycles. The smallest absolute Gasteiger partial charge is 0.343 e. The SMILES string of the molecule is C/C(=C\C(=O)N1CCCC2(C1)OC(=O)C(c1cc(Cl)c(-c3cccc(S(C)(=O)=O)c3)cc1C)=C2O)CO. The topological polar surface area (TPSA) is 121 Å². The van der Waals surface area contributed by atoms with Crippen LogP contribution < -0.4 is 0 Å². The number of halogens is 1. The zero-order valence-electron chi connectivity index (χ0n) is 20.7. The Kier molecular flexibility index (Phi) is 7.25. The summed E-state index contributed by atoms with van der Waals surface area (Å²) >= 11 is 6.59. The number of likely N-dealkylation sites (tertiary alicyclic amines) is 1. The van der Waals surface area contributed by atoms with E-state index in [1.54, 1.807) is 38.1 Å². The van der Waals surface area contributed by atoms with Crippen LogP contribution in [0.4, 0.5) is 0 Å². The molecule has 2 aromatic carbocycles. The summed E-state index contributed by atoms with van der Waals surface area (Å²) in [5.74, 6) is -1.29. The standard InChI is InChI=1S/C27H28ClNO7S/c1-16(14-30)10-23(31)29-9-5-8-27(15-29)25(32)24(26(33)36-27)20-13-22(28)21(11-17(20)2)18-6-4-7-19(12-18)37(3,34)35/h4,6-7,10-13,30,32H,5,8-9,14-15H2,1-3H3/b16-10+. The molecule has 0 aliphatic carbocycles. The molecule has 1 spiro atoms. The molecule has 2 aromatic rings. The predicted octanol–water partition coefficient (Wildman–Crippen LogP) is 3.84. The lowest BCUT2D eigenvalue weighted by Crippen LogP contribution is -2.51. The Hall–Kier alpha value is -3.14. The Morgan fingerprint density at radius 1 is 1.24 bits per heavy atom. The molecule has 2 aliphatic rings. The zero-order valence-corrected chi connectivity index (χ0v) is 22.3. The van der Waals surface area contributed by atoms with E-state index >= 15 is 0 Å². The molecule has 1 unspecified atom stereocenters. The summed E-state index contributed by atoms with van der Waals surface area (Å²) in [5, 5.41) is 20.8. The van der Waals surface area contributed by atoms with Crippen LogP contribution in [0.5, 0.6) is 0 Å². The van der Waals surface area contributed by atoms with E-state index in [1.165, 1.54) is 23.1 Å².